The molecule has 1 fully saturated rings. The fourth-order valence-electron chi connectivity index (χ4n) is 1.78. The van der Waals surface area contributed by atoms with E-state index in [9.17, 15) is 0 Å². The average molecular weight is 161 g/mol. The van der Waals surface area contributed by atoms with Gasteiger partial charge in [0.2, 0.25) is 0 Å². The first-order chi connectivity index (χ1) is 5.63. The average Bonchev–Trinajstić information content (AvgIpc) is 2.61. The van der Waals surface area contributed by atoms with E-state index in [2.05, 4.69) is 38.1 Å². The molecule has 0 heterocycles. The van der Waals surface area contributed by atoms with Gasteiger partial charge >= 0.3 is 0 Å². The van der Waals surface area contributed by atoms with Crippen molar-refractivity contribution in [3.05, 3.63) is 35.4 Å². The van der Waals surface area contributed by atoms with Crippen molar-refractivity contribution in [2.24, 2.45) is 11.7 Å². The third kappa shape index (κ3) is 1.05. The van der Waals surface area contributed by atoms with Gasteiger partial charge in [-0.2, -0.15) is 0 Å². The summed E-state index contributed by atoms with van der Waals surface area (Å²) in [5, 5.41) is 0. The standard InChI is InChI=1S/C11H15N/c1-8-4-3-5-10(6-8)11(12)7-9(11)2/h3-6,9H,7,12H2,1-2H3. The zero-order chi connectivity index (χ0) is 8.77. The van der Waals surface area contributed by atoms with Gasteiger partial charge in [-0.15, -0.1) is 0 Å². The number of rotatable bonds is 1. The van der Waals surface area contributed by atoms with Crippen LogP contribution in [0.4, 0.5) is 0 Å². The Morgan fingerprint density at radius 1 is 1.50 bits per heavy atom. The molecule has 0 aromatic heterocycles. The second kappa shape index (κ2) is 2.33. The minimum absolute atomic E-state index is 0.00792. The lowest BCUT2D eigenvalue weighted by Gasteiger charge is -2.10. The second-order valence-electron chi connectivity index (χ2n) is 4.02. The summed E-state index contributed by atoms with van der Waals surface area (Å²) in [4.78, 5) is 0. The summed E-state index contributed by atoms with van der Waals surface area (Å²) in [6.07, 6.45) is 1.14. The predicted molar refractivity (Wildman–Crippen MR) is 50.8 cm³/mol. The van der Waals surface area contributed by atoms with Crippen LogP contribution < -0.4 is 5.73 Å². The van der Waals surface area contributed by atoms with E-state index in [1.165, 1.54) is 11.1 Å². The Labute approximate surface area is 73.6 Å². The van der Waals surface area contributed by atoms with E-state index in [4.69, 9.17) is 5.73 Å². The number of nitrogens with two attached hydrogens (primary N) is 1. The summed E-state index contributed by atoms with van der Waals surface area (Å²) < 4.78 is 0. The lowest BCUT2D eigenvalue weighted by atomic mass is 10.0. The molecule has 0 radical (unpaired) electrons. The van der Waals surface area contributed by atoms with Gasteiger partial charge in [0.25, 0.3) is 0 Å². The van der Waals surface area contributed by atoms with E-state index >= 15 is 0 Å². The Balaban J connectivity index is 2.36. The molecule has 2 rings (SSSR count). The molecule has 12 heavy (non-hydrogen) atoms. The third-order valence-electron chi connectivity index (χ3n) is 2.92. The maximum atomic E-state index is 6.18. The van der Waals surface area contributed by atoms with Gasteiger partial charge < -0.3 is 5.73 Å². The van der Waals surface area contributed by atoms with Crippen molar-refractivity contribution in [2.75, 3.05) is 0 Å². The smallest absolute Gasteiger partial charge is 0.0439 e. The van der Waals surface area contributed by atoms with Gasteiger partial charge in [0.05, 0.1) is 0 Å². The highest BCUT2D eigenvalue weighted by atomic mass is 14.8. The molecule has 2 atom stereocenters. The first-order valence-electron chi connectivity index (χ1n) is 4.49. The van der Waals surface area contributed by atoms with Crippen molar-refractivity contribution < 1.29 is 0 Å². The Hall–Kier alpha value is -0.820. The topological polar surface area (TPSA) is 26.0 Å². The Bertz CT molecular complexity index is 306. The Morgan fingerprint density at radius 2 is 2.17 bits per heavy atom. The molecule has 2 unspecified atom stereocenters. The summed E-state index contributed by atoms with van der Waals surface area (Å²) >= 11 is 0. The van der Waals surface area contributed by atoms with Gasteiger partial charge in [-0.25, -0.2) is 0 Å². The van der Waals surface area contributed by atoms with Crippen LogP contribution in [0.5, 0.6) is 0 Å². The van der Waals surface area contributed by atoms with Crippen LogP contribution in [-0.2, 0) is 5.54 Å². The molecule has 1 aliphatic rings. The quantitative estimate of drug-likeness (QED) is 0.671. The molecule has 0 saturated heterocycles. The van der Waals surface area contributed by atoms with Crippen molar-refractivity contribution in [2.45, 2.75) is 25.8 Å². The van der Waals surface area contributed by atoms with Gasteiger partial charge in [0.15, 0.2) is 0 Å². The van der Waals surface area contributed by atoms with Crippen molar-refractivity contribution in [1.82, 2.24) is 0 Å². The molecule has 2 N–H and O–H groups in total. The number of benzene rings is 1. The SMILES string of the molecule is Cc1cccc(C2(N)CC2C)c1. The molecular weight excluding hydrogens is 146 g/mol. The minimum Gasteiger partial charge on any atom is -0.321 e. The normalized spacial score (nSPS) is 33.4. The fourth-order valence-corrected chi connectivity index (χ4v) is 1.78. The van der Waals surface area contributed by atoms with Crippen LogP contribution >= 0.6 is 0 Å². The molecule has 0 aliphatic heterocycles. The van der Waals surface area contributed by atoms with Crippen LogP contribution in [0.3, 0.4) is 0 Å². The first kappa shape index (κ1) is 7.81. The molecular formula is C11H15N. The van der Waals surface area contributed by atoms with Gasteiger partial charge in [-0.1, -0.05) is 36.8 Å². The van der Waals surface area contributed by atoms with E-state index in [1.54, 1.807) is 0 Å². The lowest BCUT2D eigenvalue weighted by Crippen LogP contribution is -2.21. The maximum absolute atomic E-state index is 6.18. The zero-order valence-corrected chi connectivity index (χ0v) is 7.67. The number of hydrogen-bond donors (Lipinski definition) is 1. The first-order valence-corrected chi connectivity index (χ1v) is 4.49. The fraction of sp³-hybridized carbons (Fsp3) is 0.455. The molecule has 1 aliphatic carbocycles. The van der Waals surface area contributed by atoms with Gasteiger partial charge in [0, 0.05) is 5.54 Å². The molecule has 1 saturated carbocycles. The van der Waals surface area contributed by atoms with Crippen LogP contribution in [0.15, 0.2) is 24.3 Å². The highest BCUT2D eigenvalue weighted by molar-refractivity contribution is 5.34. The van der Waals surface area contributed by atoms with Crippen molar-refractivity contribution in [1.29, 1.82) is 0 Å². The number of aryl methyl sites for hydroxylation is 1. The minimum atomic E-state index is -0.00792. The largest absolute Gasteiger partial charge is 0.321 e. The van der Waals surface area contributed by atoms with Crippen LogP contribution in [0.1, 0.15) is 24.5 Å². The summed E-state index contributed by atoms with van der Waals surface area (Å²) in [6, 6.07) is 8.53. The highest BCUT2D eigenvalue weighted by Gasteiger charge is 2.48. The van der Waals surface area contributed by atoms with Crippen LogP contribution in [0.2, 0.25) is 0 Å². The van der Waals surface area contributed by atoms with E-state index in [0.717, 1.165) is 6.42 Å². The predicted octanol–water partition coefficient (Wildman–Crippen LogP) is 2.19. The summed E-state index contributed by atoms with van der Waals surface area (Å²) in [6.45, 7) is 4.32. The van der Waals surface area contributed by atoms with Crippen molar-refractivity contribution >= 4 is 0 Å². The van der Waals surface area contributed by atoms with Gasteiger partial charge in [0.1, 0.15) is 0 Å². The highest BCUT2D eigenvalue weighted by Crippen LogP contribution is 2.49. The molecule has 64 valence electrons. The summed E-state index contributed by atoms with van der Waals surface area (Å²) in [5.41, 5.74) is 8.78. The van der Waals surface area contributed by atoms with E-state index < -0.39 is 0 Å². The second-order valence-corrected chi connectivity index (χ2v) is 4.02. The maximum Gasteiger partial charge on any atom is 0.0439 e. The van der Waals surface area contributed by atoms with Gasteiger partial charge in [-0.3, -0.25) is 0 Å². The van der Waals surface area contributed by atoms with Crippen LogP contribution in [-0.4, -0.2) is 0 Å². The van der Waals surface area contributed by atoms with E-state index in [-0.39, 0.29) is 5.54 Å². The molecule has 0 spiro atoms. The molecule has 1 aromatic carbocycles. The molecule has 1 nitrogen and oxygen atoms in total. The van der Waals surface area contributed by atoms with Crippen molar-refractivity contribution in [3.63, 3.8) is 0 Å². The zero-order valence-electron chi connectivity index (χ0n) is 7.67. The number of hydrogen-bond acceptors (Lipinski definition) is 1. The molecule has 0 amide bonds. The Morgan fingerprint density at radius 3 is 2.67 bits per heavy atom. The molecule has 1 aromatic rings. The molecule has 0 bridgehead atoms. The Kier molecular flexibility index (Phi) is 1.52. The lowest BCUT2D eigenvalue weighted by molar-refractivity contribution is 0.664. The summed E-state index contributed by atoms with van der Waals surface area (Å²) in [5.74, 6) is 0.652. The van der Waals surface area contributed by atoms with Crippen molar-refractivity contribution in [3.8, 4) is 0 Å². The van der Waals surface area contributed by atoms with Crippen LogP contribution in [0, 0.1) is 12.8 Å². The van der Waals surface area contributed by atoms with E-state index in [1.807, 2.05) is 0 Å². The third-order valence-corrected chi connectivity index (χ3v) is 2.92. The van der Waals surface area contributed by atoms with Crippen LogP contribution in [0.25, 0.3) is 0 Å². The van der Waals surface area contributed by atoms with Gasteiger partial charge in [-0.05, 0) is 24.8 Å². The van der Waals surface area contributed by atoms with E-state index in [0.29, 0.717) is 5.92 Å². The summed E-state index contributed by atoms with van der Waals surface area (Å²) in [7, 11) is 0. The molecule has 1 heteroatoms. The monoisotopic (exact) mass is 161 g/mol.